The van der Waals surface area contributed by atoms with E-state index in [0.717, 1.165) is 22.3 Å². The maximum atomic E-state index is 12.7. The van der Waals surface area contributed by atoms with Crippen molar-refractivity contribution in [3.05, 3.63) is 83.3 Å². The third kappa shape index (κ3) is 4.39. The first-order valence-corrected chi connectivity index (χ1v) is 11.6. The van der Waals surface area contributed by atoms with Crippen LogP contribution in [-0.4, -0.2) is 47.7 Å². The van der Waals surface area contributed by atoms with E-state index in [2.05, 4.69) is 29.6 Å². The fourth-order valence-corrected chi connectivity index (χ4v) is 5.01. The van der Waals surface area contributed by atoms with Crippen LogP contribution in [0.25, 0.3) is 11.1 Å². The molecule has 1 fully saturated rings. The number of benzene rings is 2. The first kappa shape index (κ1) is 22.7. The van der Waals surface area contributed by atoms with Gasteiger partial charge in [0.05, 0.1) is 12.5 Å². The summed E-state index contributed by atoms with van der Waals surface area (Å²) >= 11 is 0. The third-order valence-corrected chi connectivity index (χ3v) is 6.84. The lowest BCUT2D eigenvalue weighted by molar-refractivity contribution is -0.142. The normalized spacial score (nSPS) is 18.7. The molecular formula is C27H26N2O6. The van der Waals surface area contributed by atoms with Gasteiger partial charge in [0.15, 0.2) is 5.76 Å². The number of likely N-dealkylation sites (tertiary alicyclic amines) is 1. The standard InChI is InChI=1S/C27H26N2O6/c1-16-13-29(14-22(16)26(31)32)25(30)24-11-10-17(35-24)12-28-27(33)34-15-23-20-8-4-2-6-18(20)19-7-3-5-9-21(19)23/h2-11,16,22-23H,12-15H2,1H3,(H,28,33)(H,31,32)/t16-,22-/m1/s1. The SMILES string of the molecule is C[C@@H]1CN(C(=O)c2ccc(CNC(=O)OCC3c4ccccc4-c4ccccc43)o2)C[C@H]1C(=O)O. The molecule has 180 valence electrons. The smallest absolute Gasteiger partial charge is 0.407 e. The number of carboxylic acids is 1. The molecule has 0 saturated carbocycles. The summed E-state index contributed by atoms with van der Waals surface area (Å²) in [6.07, 6.45) is -0.575. The number of nitrogens with one attached hydrogen (secondary N) is 1. The fourth-order valence-electron chi connectivity index (χ4n) is 5.01. The maximum absolute atomic E-state index is 12.7. The number of amides is 2. The highest BCUT2D eigenvalue weighted by atomic mass is 16.5. The number of hydrogen-bond acceptors (Lipinski definition) is 5. The van der Waals surface area contributed by atoms with Crippen LogP contribution >= 0.6 is 0 Å². The van der Waals surface area contributed by atoms with Crippen LogP contribution in [0.1, 0.15) is 40.3 Å². The lowest BCUT2D eigenvalue weighted by Gasteiger charge is -2.14. The summed E-state index contributed by atoms with van der Waals surface area (Å²) in [5.41, 5.74) is 4.59. The molecule has 1 saturated heterocycles. The molecule has 3 aromatic rings. The molecule has 8 nitrogen and oxygen atoms in total. The van der Waals surface area contributed by atoms with Crippen LogP contribution in [0.5, 0.6) is 0 Å². The molecule has 1 aromatic heterocycles. The van der Waals surface area contributed by atoms with Gasteiger partial charge in [-0.2, -0.15) is 0 Å². The van der Waals surface area contributed by atoms with E-state index in [1.165, 1.54) is 11.0 Å². The number of rotatable bonds is 6. The molecule has 1 aliphatic heterocycles. The first-order valence-electron chi connectivity index (χ1n) is 11.6. The summed E-state index contributed by atoms with van der Waals surface area (Å²) in [7, 11) is 0. The van der Waals surface area contributed by atoms with Gasteiger partial charge in [-0.25, -0.2) is 4.79 Å². The summed E-state index contributed by atoms with van der Waals surface area (Å²) in [6.45, 7) is 2.61. The van der Waals surface area contributed by atoms with Crippen molar-refractivity contribution >= 4 is 18.0 Å². The molecule has 0 bridgehead atoms. The summed E-state index contributed by atoms with van der Waals surface area (Å²) in [4.78, 5) is 37.9. The lowest BCUT2D eigenvalue weighted by atomic mass is 9.98. The van der Waals surface area contributed by atoms with E-state index in [0.29, 0.717) is 12.3 Å². The minimum absolute atomic E-state index is 0.0292. The molecule has 0 radical (unpaired) electrons. The van der Waals surface area contributed by atoms with Crippen molar-refractivity contribution in [3.63, 3.8) is 0 Å². The van der Waals surface area contributed by atoms with Gasteiger partial charge >= 0.3 is 12.1 Å². The van der Waals surface area contributed by atoms with Gasteiger partial charge < -0.3 is 24.5 Å². The van der Waals surface area contributed by atoms with Gasteiger partial charge in [0.25, 0.3) is 5.91 Å². The Labute approximate surface area is 202 Å². The summed E-state index contributed by atoms with van der Waals surface area (Å²) < 4.78 is 11.1. The number of hydrogen-bond donors (Lipinski definition) is 2. The van der Waals surface area contributed by atoms with Crippen LogP contribution in [-0.2, 0) is 16.1 Å². The molecule has 35 heavy (non-hydrogen) atoms. The quantitative estimate of drug-likeness (QED) is 0.557. The van der Waals surface area contributed by atoms with Crippen molar-refractivity contribution in [1.29, 1.82) is 0 Å². The minimum Gasteiger partial charge on any atom is -0.481 e. The second-order valence-electron chi connectivity index (χ2n) is 9.08. The zero-order chi connectivity index (χ0) is 24.5. The molecular weight excluding hydrogens is 448 g/mol. The number of aliphatic carboxylic acids is 1. The topological polar surface area (TPSA) is 109 Å². The van der Waals surface area contributed by atoms with E-state index < -0.39 is 18.0 Å². The number of carbonyl (C=O) groups excluding carboxylic acids is 2. The maximum Gasteiger partial charge on any atom is 0.407 e. The Morgan fingerprint density at radius 1 is 1.00 bits per heavy atom. The zero-order valence-corrected chi connectivity index (χ0v) is 19.3. The largest absolute Gasteiger partial charge is 0.481 e. The molecule has 2 heterocycles. The Hall–Kier alpha value is -4.07. The van der Waals surface area contributed by atoms with Crippen molar-refractivity contribution in [2.75, 3.05) is 19.7 Å². The number of nitrogens with zero attached hydrogens (tertiary/aromatic N) is 1. The highest BCUT2D eigenvalue weighted by molar-refractivity contribution is 5.92. The Balaban J connectivity index is 1.15. The van der Waals surface area contributed by atoms with Gasteiger partial charge in [-0.15, -0.1) is 0 Å². The van der Waals surface area contributed by atoms with E-state index in [-0.39, 0.29) is 43.2 Å². The molecule has 0 unspecified atom stereocenters. The third-order valence-electron chi connectivity index (χ3n) is 6.84. The van der Waals surface area contributed by atoms with Gasteiger partial charge in [-0.1, -0.05) is 55.5 Å². The Morgan fingerprint density at radius 3 is 2.29 bits per heavy atom. The highest BCUT2D eigenvalue weighted by Gasteiger charge is 2.38. The molecule has 2 aliphatic rings. The van der Waals surface area contributed by atoms with Crippen molar-refractivity contribution in [3.8, 4) is 11.1 Å². The number of alkyl carbamates (subject to hydrolysis) is 1. The zero-order valence-electron chi connectivity index (χ0n) is 19.3. The van der Waals surface area contributed by atoms with E-state index in [9.17, 15) is 19.5 Å². The molecule has 2 atom stereocenters. The number of ether oxygens (including phenoxy) is 1. The summed E-state index contributed by atoms with van der Waals surface area (Å²) in [6, 6.07) is 19.4. The Morgan fingerprint density at radius 2 is 1.66 bits per heavy atom. The number of fused-ring (bicyclic) bond motifs is 3. The monoisotopic (exact) mass is 474 g/mol. The van der Waals surface area contributed by atoms with Crippen molar-refractivity contribution in [2.45, 2.75) is 19.4 Å². The van der Waals surface area contributed by atoms with E-state index in [1.807, 2.05) is 31.2 Å². The predicted octanol–water partition coefficient (Wildman–Crippen LogP) is 4.11. The second kappa shape index (κ2) is 9.29. The number of furan rings is 1. The lowest BCUT2D eigenvalue weighted by Crippen LogP contribution is -2.29. The van der Waals surface area contributed by atoms with Crippen LogP contribution in [0.4, 0.5) is 4.79 Å². The van der Waals surface area contributed by atoms with Gasteiger partial charge in [-0.05, 0) is 40.3 Å². The average Bonchev–Trinajstić information content (AvgIpc) is 3.57. The summed E-state index contributed by atoms with van der Waals surface area (Å²) in [5.74, 6) is -1.46. The average molecular weight is 475 g/mol. The van der Waals surface area contributed by atoms with Crippen molar-refractivity contribution in [1.82, 2.24) is 10.2 Å². The molecule has 1 aliphatic carbocycles. The molecule has 2 N–H and O–H groups in total. The predicted molar refractivity (Wildman–Crippen MR) is 127 cm³/mol. The molecule has 0 spiro atoms. The molecule has 2 amide bonds. The van der Waals surface area contributed by atoms with Gasteiger partial charge in [0.1, 0.15) is 12.4 Å². The van der Waals surface area contributed by atoms with Crippen LogP contribution in [0.2, 0.25) is 0 Å². The van der Waals surface area contributed by atoms with Crippen LogP contribution < -0.4 is 5.32 Å². The fraction of sp³-hybridized carbons (Fsp3) is 0.296. The number of carboxylic acid groups (broad SMARTS) is 1. The Bertz CT molecular complexity index is 1240. The van der Waals surface area contributed by atoms with Crippen molar-refractivity contribution < 1.29 is 28.6 Å². The Kier molecular flexibility index (Phi) is 6.03. The molecule has 2 aromatic carbocycles. The van der Waals surface area contributed by atoms with Crippen molar-refractivity contribution in [2.24, 2.45) is 11.8 Å². The van der Waals surface area contributed by atoms with E-state index in [1.54, 1.807) is 6.07 Å². The van der Waals surface area contributed by atoms with Crippen LogP contribution in [0.15, 0.2) is 65.1 Å². The van der Waals surface area contributed by atoms with Crippen LogP contribution in [0.3, 0.4) is 0 Å². The van der Waals surface area contributed by atoms with E-state index in [4.69, 9.17) is 9.15 Å². The highest BCUT2D eigenvalue weighted by Crippen LogP contribution is 2.44. The second-order valence-corrected chi connectivity index (χ2v) is 9.08. The van der Waals surface area contributed by atoms with Gasteiger partial charge in [-0.3, -0.25) is 9.59 Å². The first-order chi connectivity index (χ1) is 16.9. The minimum atomic E-state index is -0.903. The number of carbonyl (C=O) groups is 3. The van der Waals surface area contributed by atoms with E-state index >= 15 is 0 Å². The van der Waals surface area contributed by atoms with Gasteiger partial charge in [0.2, 0.25) is 0 Å². The van der Waals surface area contributed by atoms with Crippen LogP contribution in [0, 0.1) is 11.8 Å². The molecule has 8 heteroatoms. The molecule has 5 rings (SSSR count). The summed E-state index contributed by atoms with van der Waals surface area (Å²) in [5, 5.41) is 11.9. The van der Waals surface area contributed by atoms with Gasteiger partial charge in [0, 0.05) is 19.0 Å².